The predicted molar refractivity (Wildman–Crippen MR) is 150 cm³/mol. The Morgan fingerprint density at radius 1 is 0.955 bits per heavy atom. The Kier molecular flexibility index (Phi) is 11.5. The van der Waals surface area contributed by atoms with Crippen LogP contribution in [-0.2, 0) is 46.5 Å². The van der Waals surface area contributed by atoms with Crippen molar-refractivity contribution in [2.45, 2.75) is 51.2 Å². The zero-order valence-corrected chi connectivity index (χ0v) is 24.5. The van der Waals surface area contributed by atoms with E-state index in [4.69, 9.17) is 18.4 Å². The molecule has 0 radical (unpaired) electrons. The lowest BCUT2D eigenvalue weighted by Crippen LogP contribution is -2.42. The molecule has 238 valence electrons. The van der Waals surface area contributed by atoms with Crippen molar-refractivity contribution in [1.82, 2.24) is 10.2 Å². The van der Waals surface area contributed by atoms with Crippen LogP contribution in [0.25, 0.3) is 0 Å². The number of ether oxygens (including phenoxy) is 3. The molecule has 0 saturated carbocycles. The average molecular weight is 639 g/mol. The van der Waals surface area contributed by atoms with E-state index in [2.05, 4.69) is 5.32 Å². The van der Waals surface area contributed by atoms with Crippen molar-refractivity contribution in [2.75, 3.05) is 19.3 Å². The molecule has 1 aliphatic rings. The lowest BCUT2D eigenvalue weighted by atomic mass is 10.1. The van der Waals surface area contributed by atoms with E-state index in [1.165, 1.54) is 53.4 Å². The van der Waals surface area contributed by atoms with Crippen molar-refractivity contribution >= 4 is 39.6 Å². The van der Waals surface area contributed by atoms with Gasteiger partial charge < -0.3 is 24.4 Å². The number of nitro groups is 2. The topological polar surface area (TPSA) is 224 Å². The third-order valence-corrected chi connectivity index (χ3v) is 6.91. The Morgan fingerprint density at radius 3 is 1.95 bits per heavy atom. The van der Waals surface area contributed by atoms with Crippen molar-refractivity contribution in [3.05, 3.63) is 79.9 Å². The lowest BCUT2D eigenvalue weighted by molar-refractivity contribution is -0.385. The molecule has 1 aliphatic heterocycles. The first-order valence-corrected chi connectivity index (χ1v) is 14.9. The molecule has 18 heteroatoms. The number of hydrogen-bond acceptors (Lipinski definition) is 13. The number of carbonyl (C=O) groups excluding carboxylic acids is 3. The van der Waals surface area contributed by atoms with Gasteiger partial charge in [0.2, 0.25) is 0 Å². The summed E-state index contributed by atoms with van der Waals surface area (Å²) < 4.78 is 44.4. The fourth-order valence-corrected chi connectivity index (χ4v) is 5.04. The minimum absolute atomic E-state index is 0.0293. The van der Waals surface area contributed by atoms with Crippen LogP contribution < -0.4 is 5.32 Å². The number of nitrogens with one attached hydrogen (secondary N) is 1. The van der Waals surface area contributed by atoms with Gasteiger partial charge in [-0.2, -0.15) is 8.42 Å². The first kappa shape index (κ1) is 33.7. The molecule has 0 spiro atoms. The molecule has 2 aromatic carbocycles. The summed E-state index contributed by atoms with van der Waals surface area (Å²) in [4.78, 5) is 58.8. The Bertz CT molecular complexity index is 1470. The first-order valence-electron chi connectivity index (χ1n) is 13.1. The van der Waals surface area contributed by atoms with E-state index in [9.17, 15) is 43.0 Å². The minimum atomic E-state index is -3.88. The van der Waals surface area contributed by atoms with E-state index in [0.29, 0.717) is 11.1 Å². The molecule has 44 heavy (non-hydrogen) atoms. The quantitative estimate of drug-likeness (QED) is 0.110. The standard InChI is InChI=1S/C26H30N4O13S/c1-17(31)42-23(13-27-25(32)40-15-18-3-7-20(8-4-18)29(34)35)11-22-12-24(43-44(2,38)39)14-28(22)26(33)41-16-19-5-9-21(10-6-19)30(36)37/h3-10,22-24H,11-16H2,1-2H3,(H,27,32)/t22-,23-,24-/m1/s1. The summed E-state index contributed by atoms with van der Waals surface area (Å²) in [5.74, 6) is -0.676. The van der Waals surface area contributed by atoms with Gasteiger partial charge in [-0.15, -0.1) is 0 Å². The molecular formula is C26H30N4O13S. The molecule has 0 bridgehead atoms. The molecule has 1 heterocycles. The van der Waals surface area contributed by atoms with Crippen LogP contribution in [0.2, 0.25) is 0 Å². The molecule has 0 unspecified atom stereocenters. The molecule has 3 atom stereocenters. The van der Waals surface area contributed by atoms with E-state index < -0.39 is 56.4 Å². The highest BCUT2D eigenvalue weighted by Gasteiger charge is 2.40. The smallest absolute Gasteiger partial charge is 0.410 e. The fourth-order valence-electron chi connectivity index (χ4n) is 4.40. The second-order valence-corrected chi connectivity index (χ2v) is 11.4. The van der Waals surface area contributed by atoms with Gasteiger partial charge in [0.1, 0.15) is 19.3 Å². The van der Waals surface area contributed by atoms with Crippen LogP contribution in [0.5, 0.6) is 0 Å². The normalized spacial score (nSPS) is 16.9. The van der Waals surface area contributed by atoms with Crippen molar-refractivity contribution in [3.63, 3.8) is 0 Å². The van der Waals surface area contributed by atoms with E-state index in [0.717, 1.165) is 13.2 Å². The summed E-state index contributed by atoms with van der Waals surface area (Å²) in [6.07, 6.45) is -2.70. The van der Waals surface area contributed by atoms with Gasteiger partial charge in [-0.3, -0.25) is 29.2 Å². The molecule has 2 amide bonds. The van der Waals surface area contributed by atoms with Gasteiger partial charge >= 0.3 is 18.2 Å². The van der Waals surface area contributed by atoms with Gasteiger partial charge in [0.25, 0.3) is 21.5 Å². The molecule has 1 fully saturated rings. The second-order valence-electron chi connectivity index (χ2n) is 9.79. The average Bonchev–Trinajstić information content (AvgIpc) is 3.33. The Morgan fingerprint density at radius 2 is 1.48 bits per heavy atom. The zero-order valence-electron chi connectivity index (χ0n) is 23.7. The summed E-state index contributed by atoms with van der Waals surface area (Å²) in [7, 11) is -3.88. The van der Waals surface area contributed by atoms with Gasteiger partial charge in [-0.05, 0) is 41.8 Å². The van der Waals surface area contributed by atoms with Crippen LogP contribution in [0.3, 0.4) is 0 Å². The maximum atomic E-state index is 13.0. The van der Waals surface area contributed by atoms with Gasteiger partial charge in [0.15, 0.2) is 0 Å². The summed E-state index contributed by atoms with van der Waals surface area (Å²) in [6, 6.07) is 10.0. The van der Waals surface area contributed by atoms with Crippen LogP contribution in [0.15, 0.2) is 48.5 Å². The molecule has 1 N–H and O–H groups in total. The number of likely N-dealkylation sites (tertiary alicyclic amines) is 1. The molecule has 0 aliphatic carbocycles. The second kappa shape index (κ2) is 15.1. The summed E-state index contributed by atoms with van der Waals surface area (Å²) in [6.45, 7) is 0.351. The molecule has 2 aromatic rings. The zero-order chi connectivity index (χ0) is 32.4. The number of non-ortho nitro benzene ring substituents is 2. The maximum absolute atomic E-state index is 13.0. The number of benzene rings is 2. The van der Waals surface area contributed by atoms with E-state index >= 15 is 0 Å². The lowest BCUT2D eigenvalue weighted by Gasteiger charge is -2.27. The number of amides is 2. The van der Waals surface area contributed by atoms with E-state index in [1.54, 1.807) is 0 Å². The third kappa shape index (κ3) is 10.8. The Balaban J connectivity index is 1.62. The van der Waals surface area contributed by atoms with Crippen molar-refractivity contribution in [3.8, 4) is 0 Å². The maximum Gasteiger partial charge on any atom is 0.410 e. The minimum Gasteiger partial charge on any atom is -0.461 e. The number of nitrogens with zero attached hydrogens (tertiary/aromatic N) is 3. The van der Waals surface area contributed by atoms with Crippen molar-refractivity contribution in [2.24, 2.45) is 0 Å². The largest absolute Gasteiger partial charge is 0.461 e. The number of alkyl carbamates (subject to hydrolysis) is 1. The number of esters is 1. The van der Waals surface area contributed by atoms with E-state index in [-0.39, 0.29) is 50.5 Å². The van der Waals surface area contributed by atoms with Crippen LogP contribution in [0.4, 0.5) is 21.0 Å². The SMILES string of the molecule is CC(=O)O[C@@H](CNC(=O)OCc1ccc([N+](=O)[O-])cc1)C[C@@H]1C[C@@H](OS(C)(=O)=O)CN1C(=O)OCc1ccc([N+](=O)[O-])cc1. The summed E-state index contributed by atoms with van der Waals surface area (Å²) >= 11 is 0. The number of rotatable bonds is 13. The van der Waals surface area contributed by atoms with Gasteiger partial charge in [-0.25, -0.2) is 9.59 Å². The molecule has 17 nitrogen and oxygen atoms in total. The van der Waals surface area contributed by atoms with Crippen LogP contribution in [0.1, 0.15) is 30.9 Å². The first-order chi connectivity index (χ1) is 20.7. The number of nitro benzene ring substituents is 2. The number of hydrogen-bond donors (Lipinski definition) is 1. The van der Waals surface area contributed by atoms with Crippen LogP contribution in [-0.4, -0.2) is 78.9 Å². The molecule has 3 rings (SSSR count). The van der Waals surface area contributed by atoms with Crippen molar-refractivity contribution < 1.29 is 51.0 Å². The highest BCUT2D eigenvalue weighted by atomic mass is 32.2. The van der Waals surface area contributed by atoms with E-state index in [1.807, 2.05) is 0 Å². The van der Waals surface area contributed by atoms with Crippen LogP contribution in [0, 0.1) is 20.2 Å². The monoisotopic (exact) mass is 638 g/mol. The van der Waals surface area contributed by atoms with Crippen molar-refractivity contribution in [1.29, 1.82) is 0 Å². The Hall–Kier alpha value is -4.84. The van der Waals surface area contributed by atoms with Gasteiger partial charge in [0, 0.05) is 43.7 Å². The summed E-state index contributed by atoms with van der Waals surface area (Å²) in [5, 5.41) is 24.1. The van der Waals surface area contributed by atoms with Crippen LogP contribution >= 0.6 is 0 Å². The van der Waals surface area contributed by atoms with Gasteiger partial charge in [-0.1, -0.05) is 0 Å². The molecular weight excluding hydrogens is 608 g/mol. The summed E-state index contributed by atoms with van der Waals surface area (Å²) in [5.41, 5.74) is 0.703. The third-order valence-electron chi connectivity index (χ3n) is 6.29. The highest BCUT2D eigenvalue weighted by Crippen LogP contribution is 2.27. The Labute approximate surface area is 251 Å². The molecule has 0 aromatic heterocycles. The molecule has 1 saturated heterocycles. The number of carbonyl (C=O) groups is 3. The highest BCUT2D eigenvalue weighted by molar-refractivity contribution is 7.86. The fraction of sp³-hybridized carbons (Fsp3) is 0.423. The van der Waals surface area contributed by atoms with Gasteiger partial charge in [0.05, 0.1) is 35.3 Å². The predicted octanol–water partition coefficient (Wildman–Crippen LogP) is 2.81.